The van der Waals surface area contributed by atoms with Crippen LogP contribution >= 0.6 is 0 Å². The van der Waals surface area contributed by atoms with Gasteiger partial charge in [0.2, 0.25) is 5.91 Å². The normalized spacial score (nSPS) is 15.4. The summed E-state index contributed by atoms with van der Waals surface area (Å²) in [7, 11) is 0. The number of anilines is 3. The van der Waals surface area contributed by atoms with Gasteiger partial charge in [-0.2, -0.15) is 10.1 Å². The van der Waals surface area contributed by atoms with Crippen molar-refractivity contribution in [3.05, 3.63) is 71.2 Å². The van der Waals surface area contributed by atoms with Gasteiger partial charge in [-0.15, -0.1) is 5.10 Å². The molecule has 0 radical (unpaired) electrons. The largest absolute Gasteiger partial charge is 0.366 e. The van der Waals surface area contributed by atoms with Crippen molar-refractivity contribution in [2.24, 2.45) is 5.73 Å². The van der Waals surface area contributed by atoms with Crippen molar-refractivity contribution in [1.82, 2.24) is 15.2 Å². The van der Waals surface area contributed by atoms with E-state index in [1.165, 1.54) is 18.3 Å². The van der Waals surface area contributed by atoms with Crippen LogP contribution in [-0.4, -0.2) is 27.1 Å². The standard InChI is InChI=1S/C20H19FN6O/c1-12-8-16-15(19(22)28)6-3-7-17(16)27(12)20-25-18(11-24-26-20)23-10-13-4-2-5-14(21)9-13/h2-7,9,11-12H,8,10H2,1H3,(H2,22,28)(H,23,25,26). The van der Waals surface area contributed by atoms with E-state index in [0.717, 1.165) is 16.8 Å². The van der Waals surface area contributed by atoms with Gasteiger partial charge in [0.25, 0.3) is 5.95 Å². The number of nitrogens with one attached hydrogen (secondary N) is 1. The molecule has 3 N–H and O–H groups in total. The summed E-state index contributed by atoms with van der Waals surface area (Å²) in [6, 6.07) is 11.9. The fourth-order valence-electron chi connectivity index (χ4n) is 3.50. The second-order valence-corrected chi connectivity index (χ2v) is 6.72. The number of hydrogen-bond acceptors (Lipinski definition) is 6. The number of amides is 1. The van der Waals surface area contributed by atoms with Gasteiger partial charge in [-0.3, -0.25) is 4.79 Å². The van der Waals surface area contributed by atoms with Crippen LogP contribution in [0.3, 0.4) is 0 Å². The molecule has 0 fully saturated rings. The molecular formula is C20H19FN6O. The average Bonchev–Trinajstić information content (AvgIpc) is 3.02. The maximum atomic E-state index is 13.3. The Hall–Kier alpha value is -3.55. The summed E-state index contributed by atoms with van der Waals surface area (Å²) in [5, 5.41) is 11.3. The van der Waals surface area contributed by atoms with E-state index in [1.807, 2.05) is 24.0 Å². The molecule has 3 aromatic rings. The lowest BCUT2D eigenvalue weighted by atomic mass is 10.0. The topological polar surface area (TPSA) is 97.0 Å². The van der Waals surface area contributed by atoms with Gasteiger partial charge in [0.15, 0.2) is 5.82 Å². The zero-order valence-electron chi connectivity index (χ0n) is 15.3. The van der Waals surface area contributed by atoms with Crippen molar-refractivity contribution in [2.45, 2.75) is 25.9 Å². The van der Waals surface area contributed by atoms with E-state index in [2.05, 4.69) is 20.5 Å². The van der Waals surface area contributed by atoms with Crippen molar-refractivity contribution in [2.75, 3.05) is 10.2 Å². The summed E-state index contributed by atoms with van der Waals surface area (Å²) in [5.74, 6) is 0.224. The first-order chi connectivity index (χ1) is 13.5. The van der Waals surface area contributed by atoms with E-state index >= 15 is 0 Å². The number of aromatic nitrogens is 3. The second kappa shape index (κ2) is 7.22. The monoisotopic (exact) mass is 378 g/mol. The van der Waals surface area contributed by atoms with Crippen molar-refractivity contribution >= 4 is 23.4 Å². The van der Waals surface area contributed by atoms with Crippen molar-refractivity contribution in [3.63, 3.8) is 0 Å². The van der Waals surface area contributed by atoms with Gasteiger partial charge in [-0.25, -0.2) is 4.39 Å². The molecule has 7 nitrogen and oxygen atoms in total. The first kappa shape index (κ1) is 17.8. The molecule has 0 aliphatic carbocycles. The van der Waals surface area contributed by atoms with Gasteiger partial charge >= 0.3 is 0 Å². The Balaban J connectivity index is 1.60. The molecule has 0 saturated carbocycles. The Bertz CT molecular complexity index is 1040. The zero-order chi connectivity index (χ0) is 19.7. The molecule has 1 atom stereocenters. The minimum atomic E-state index is -0.449. The number of carbonyl (C=O) groups excluding carboxylic acids is 1. The molecule has 1 aromatic heterocycles. The Labute approximate surface area is 161 Å². The molecular weight excluding hydrogens is 359 g/mol. The molecule has 28 heavy (non-hydrogen) atoms. The van der Waals surface area contributed by atoms with Crippen LogP contribution in [0.5, 0.6) is 0 Å². The van der Waals surface area contributed by atoms with Crippen molar-refractivity contribution in [3.8, 4) is 0 Å². The van der Waals surface area contributed by atoms with E-state index in [4.69, 9.17) is 5.73 Å². The van der Waals surface area contributed by atoms with Crippen molar-refractivity contribution in [1.29, 1.82) is 0 Å². The summed E-state index contributed by atoms with van der Waals surface area (Å²) in [6.07, 6.45) is 2.18. The molecule has 1 aliphatic heterocycles. The fourth-order valence-corrected chi connectivity index (χ4v) is 3.50. The molecule has 8 heteroatoms. The van der Waals surface area contributed by atoms with Crippen LogP contribution < -0.4 is 16.0 Å². The lowest BCUT2D eigenvalue weighted by Gasteiger charge is -2.22. The third-order valence-corrected chi connectivity index (χ3v) is 4.74. The predicted molar refractivity (Wildman–Crippen MR) is 104 cm³/mol. The van der Waals surface area contributed by atoms with Gasteiger partial charge in [0.05, 0.1) is 6.20 Å². The summed E-state index contributed by atoms with van der Waals surface area (Å²) in [5.41, 5.74) is 8.57. The number of rotatable bonds is 5. The number of carbonyl (C=O) groups is 1. The second-order valence-electron chi connectivity index (χ2n) is 6.72. The number of nitrogens with two attached hydrogens (primary N) is 1. The smallest absolute Gasteiger partial charge is 0.252 e. The van der Waals surface area contributed by atoms with Crippen LogP contribution in [0.2, 0.25) is 0 Å². The molecule has 1 aliphatic rings. The minimum Gasteiger partial charge on any atom is -0.366 e. The van der Waals surface area contributed by atoms with E-state index in [1.54, 1.807) is 18.2 Å². The third-order valence-electron chi connectivity index (χ3n) is 4.74. The van der Waals surface area contributed by atoms with Crippen LogP contribution in [0.25, 0.3) is 0 Å². The molecule has 4 rings (SSSR count). The van der Waals surface area contributed by atoms with Gasteiger partial charge < -0.3 is 16.0 Å². The highest BCUT2D eigenvalue weighted by Gasteiger charge is 2.32. The first-order valence-electron chi connectivity index (χ1n) is 8.92. The maximum absolute atomic E-state index is 13.3. The van der Waals surface area contributed by atoms with E-state index in [0.29, 0.717) is 30.3 Å². The predicted octanol–water partition coefficient (Wildman–Crippen LogP) is 2.80. The van der Waals surface area contributed by atoms with Gasteiger partial charge in [-0.1, -0.05) is 18.2 Å². The summed E-state index contributed by atoms with van der Waals surface area (Å²) >= 11 is 0. The van der Waals surface area contributed by atoms with Gasteiger partial charge in [-0.05, 0) is 48.7 Å². The number of nitrogens with zero attached hydrogens (tertiary/aromatic N) is 4. The molecule has 0 saturated heterocycles. The van der Waals surface area contributed by atoms with Crippen LogP contribution in [0, 0.1) is 5.82 Å². The number of fused-ring (bicyclic) bond motifs is 1. The number of benzene rings is 2. The number of hydrogen-bond donors (Lipinski definition) is 2. The highest BCUT2D eigenvalue weighted by atomic mass is 19.1. The molecule has 2 aromatic carbocycles. The number of halogens is 1. The first-order valence-corrected chi connectivity index (χ1v) is 8.92. The molecule has 142 valence electrons. The van der Waals surface area contributed by atoms with Crippen LogP contribution in [0.15, 0.2) is 48.7 Å². The Morgan fingerprint density at radius 2 is 2.14 bits per heavy atom. The SMILES string of the molecule is CC1Cc2c(C(N)=O)cccc2N1c1nncc(NCc2cccc(F)c2)n1. The van der Waals surface area contributed by atoms with E-state index in [-0.39, 0.29) is 11.9 Å². The summed E-state index contributed by atoms with van der Waals surface area (Å²) < 4.78 is 13.3. The van der Waals surface area contributed by atoms with Crippen molar-refractivity contribution < 1.29 is 9.18 Å². The molecule has 0 bridgehead atoms. The highest BCUT2D eigenvalue weighted by Crippen LogP contribution is 2.38. The zero-order valence-corrected chi connectivity index (χ0v) is 15.3. The van der Waals surface area contributed by atoms with E-state index in [9.17, 15) is 9.18 Å². The quantitative estimate of drug-likeness (QED) is 0.709. The third kappa shape index (κ3) is 3.36. The molecule has 1 unspecified atom stereocenters. The lowest BCUT2D eigenvalue weighted by Crippen LogP contribution is -2.26. The Kier molecular flexibility index (Phi) is 4.60. The average molecular weight is 378 g/mol. The lowest BCUT2D eigenvalue weighted by molar-refractivity contribution is 0.0999. The molecule has 2 heterocycles. The Morgan fingerprint density at radius 3 is 2.93 bits per heavy atom. The maximum Gasteiger partial charge on any atom is 0.252 e. The molecule has 1 amide bonds. The fraction of sp³-hybridized carbons (Fsp3) is 0.200. The van der Waals surface area contributed by atoms with Gasteiger partial charge in [0.1, 0.15) is 5.82 Å². The van der Waals surface area contributed by atoms with Crippen LogP contribution in [-0.2, 0) is 13.0 Å². The minimum absolute atomic E-state index is 0.0516. The van der Waals surface area contributed by atoms with Crippen LogP contribution in [0.4, 0.5) is 21.8 Å². The Morgan fingerprint density at radius 1 is 1.32 bits per heavy atom. The number of primary amides is 1. The van der Waals surface area contributed by atoms with Gasteiger partial charge in [0, 0.05) is 23.8 Å². The van der Waals surface area contributed by atoms with Crippen LogP contribution in [0.1, 0.15) is 28.4 Å². The summed E-state index contributed by atoms with van der Waals surface area (Å²) in [4.78, 5) is 18.2. The highest BCUT2D eigenvalue weighted by molar-refractivity contribution is 5.96. The molecule has 0 spiro atoms. The van der Waals surface area contributed by atoms with E-state index < -0.39 is 5.91 Å². The summed E-state index contributed by atoms with van der Waals surface area (Å²) in [6.45, 7) is 2.44.